The molecule has 2 aliphatic carbocycles. The molecule has 2 amide bonds. The summed E-state index contributed by atoms with van der Waals surface area (Å²) in [6.45, 7) is 2.40. The van der Waals surface area contributed by atoms with Gasteiger partial charge in [-0.2, -0.15) is 0 Å². The molecule has 3 aliphatic rings. The zero-order valence-electron chi connectivity index (χ0n) is 20.5. The Morgan fingerprint density at radius 1 is 1.22 bits per heavy atom. The topological polar surface area (TPSA) is 88.9 Å². The molecule has 1 aromatic carbocycles. The summed E-state index contributed by atoms with van der Waals surface area (Å²) >= 11 is 0. The van der Waals surface area contributed by atoms with E-state index >= 15 is 0 Å². The highest BCUT2D eigenvalue weighted by Crippen LogP contribution is 2.52. The smallest absolute Gasteiger partial charge is 0.406 e. The molecule has 1 aliphatic heterocycles. The third-order valence-electron chi connectivity index (χ3n) is 7.35. The van der Waals surface area contributed by atoms with Crippen LogP contribution in [0.1, 0.15) is 24.8 Å². The minimum Gasteiger partial charge on any atom is -0.406 e. The normalized spacial score (nSPS) is 23.2. The first-order valence-corrected chi connectivity index (χ1v) is 12.4. The number of halogens is 3. The Morgan fingerprint density at radius 2 is 1.97 bits per heavy atom. The first-order valence-electron chi connectivity index (χ1n) is 12.4. The van der Waals surface area contributed by atoms with Crippen LogP contribution < -0.4 is 14.8 Å². The van der Waals surface area contributed by atoms with E-state index in [-0.39, 0.29) is 30.0 Å². The van der Waals surface area contributed by atoms with E-state index in [0.29, 0.717) is 36.5 Å². The predicted octanol–water partition coefficient (Wildman–Crippen LogP) is 3.17. The molecular weight excluding hydrogens is 491 g/mol. The largest absolute Gasteiger partial charge is 0.573 e. The molecule has 37 heavy (non-hydrogen) atoms. The van der Waals surface area contributed by atoms with Gasteiger partial charge in [0.25, 0.3) is 0 Å². The number of nitrogens with one attached hydrogen (secondary N) is 1. The molecule has 3 fully saturated rings. The van der Waals surface area contributed by atoms with Gasteiger partial charge in [-0.1, -0.05) is 12.1 Å². The maximum absolute atomic E-state index is 13.0. The van der Waals surface area contributed by atoms with Crippen molar-refractivity contribution in [2.75, 3.05) is 26.2 Å². The number of hydrogen-bond acceptors (Lipinski definition) is 6. The lowest BCUT2D eigenvalue weighted by Crippen LogP contribution is -2.45. The van der Waals surface area contributed by atoms with Gasteiger partial charge in [-0.05, 0) is 54.7 Å². The number of carbonyl (C=O) groups excluding carboxylic acids is 2. The van der Waals surface area contributed by atoms with Crippen LogP contribution in [-0.2, 0) is 18.4 Å². The van der Waals surface area contributed by atoms with Gasteiger partial charge in [-0.15, -0.1) is 13.2 Å². The van der Waals surface area contributed by atoms with Crippen LogP contribution >= 0.6 is 0 Å². The van der Waals surface area contributed by atoms with E-state index in [1.165, 1.54) is 35.8 Å². The van der Waals surface area contributed by atoms with Crippen molar-refractivity contribution in [3.05, 3.63) is 42.4 Å². The molecule has 2 atom stereocenters. The van der Waals surface area contributed by atoms with Crippen LogP contribution in [0.3, 0.4) is 0 Å². The number of benzene rings is 1. The number of fused-ring (bicyclic) bond motifs is 1. The highest BCUT2D eigenvalue weighted by atomic mass is 19.4. The highest BCUT2D eigenvalue weighted by Gasteiger charge is 2.56. The number of ether oxygens (including phenoxy) is 2. The van der Waals surface area contributed by atoms with Crippen molar-refractivity contribution in [3.63, 3.8) is 0 Å². The lowest BCUT2D eigenvalue weighted by Gasteiger charge is -2.28. The fourth-order valence-electron chi connectivity index (χ4n) is 5.28. The van der Waals surface area contributed by atoms with E-state index in [1.54, 1.807) is 23.9 Å². The monoisotopic (exact) mass is 521 g/mol. The molecule has 1 aromatic heterocycles. The van der Waals surface area contributed by atoms with E-state index in [0.717, 1.165) is 25.9 Å². The summed E-state index contributed by atoms with van der Waals surface area (Å²) in [5.41, 5.74) is 0.486. The maximum atomic E-state index is 13.0. The third kappa shape index (κ3) is 6.54. The number of nitrogens with zero attached hydrogens (tertiary/aromatic N) is 4. The first-order chi connectivity index (χ1) is 17.6. The number of aryl methyl sites for hydroxylation is 1. The summed E-state index contributed by atoms with van der Waals surface area (Å²) in [5, 5.41) is 3.06. The molecule has 2 heterocycles. The molecule has 0 radical (unpaired) electrons. The van der Waals surface area contributed by atoms with Crippen LogP contribution in [0.5, 0.6) is 11.6 Å². The number of amides is 2. The Hall–Kier alpha value is -3.28. The Balaban J connectivity index is 1.20. The summed E-state index contributed by atoms with van der Waals surface area (Å²) in [4.78, 5) is 33.0. The van der Waals surface area contributed by atoms with Gasteiger partial charge in [0, 0.05) is 39.3 Å². The van der Waals surface area contributed by atoms with Gasteiger partial charge in [0.15, 0.2) is 0 Å². The standard InChI is InChI=1S/C25H30F3N5O4/c1-31-14-23(29-15-31)36-24(35)33(9-16-4-2-7-18(8-16)37-25(26,27)28)12-21-19-10-32(11-20(19)21)13-22(34)30-17-5-3-6-17/h2,4,7-8,14-15,17,19-21H,3,5-6,9-13H2,1H3,(H,30,34). The third-order valence-corrected chi connectivity index (χ3v) is 7.35. The van der Waals surface area contributed by atoms with E-state index in [2.05, 4.69) is 19.9 Å². The summed E-state index contributed by atoms with van der Waals surface area (Å²) in [6.07, 6.45) is 0.908. The highest BCUT2D eigenvalue weighted by molar-refractivity contribution is 5.78. The number of aromatic nitrogens is 2. The van der Waals surface area contributed by atoms with Gasteiger partial charge in [-0.25, -0.2) is 9.78 Å². The minimum atomic E-state index is -4.80. The van der Waals surface area contributed by atoms with Crippen LogP contribution in [-0.4, -0.2) is 69.9 Å². The van der Waals surface area contributed by atoms with Crippen molar-refractivity contribution in [1.29, 1.82) is 0 Å². The van der Waals surface area contributed by atoms with Crippen LogP contribution in [0.2, 0.25) is 0 Å². The number of hydrogen-bond donors (Lipinski definition) is 1. The Morgan fingerprint density at radius 3 is 2.59 bits per heavy atom. The molecule has 0 bridgehead atoms. The molecule has 2 aromatic rings. The fourth-order valence-corrected chi connectivity index (χ4v) is 5.28. The summed E-state index contributed by atoms with van der Waals surface area (Å²) in [7, 11) is 1.75. The zero-order chi connectivity index (χ0) is 26.2. The molecule has 2 saturated carbocycles. The maximum Gasteiger partial charge on any atom is 0.573 e. The molecule has 1 N–H and O–H groups in total. The molecule has 12 heteroatoms. The number of piperidine rings is 1. The quantitative estimate of drug-likeness (QED) is 0.546. The number of likely N-dealkylation sites (tertiary alicyclic amines) is 1. The van der Waals surface area contributed by atoms with Gasteiger partial charge < -0.3 is 24.3 Å². The average molecular weight is 522 g/mol. The summed E-state index contributed by atoms with van der Waals surface area (Å²) in [6, 6.07) is 5.90. The van der Waals surface area contributed by atoms with Crippen molar-refractivity contribution >= 4 is 12.0 Å². The van der Waals surface area contributed by atoms with Gasteiger partial charge in [0.1, 0.15) is 5.75 Å². The van der Waals surface area contributed by atoms with Crippen LogP contribution in [0.4, 0.5) is 18.0 Å². The Labute approximate surface area is 212 Å². The van der Waals surface area contributed by atoms with Crippen molar-refractivity contribution in [2.45, 2.75) is 38.2 Å². The van der Waals surface area contributed by atoms with Gasteiger partial charge in [0.2, 0.25) is 11.8 Å². The van der Waals surface area contributed by atoms with Crippen molar-refractivity contribution in [3.8, 4) is 11.6 Å². The summed E-state index contributed by atoms with van der Waals surface area (Å²) in [5.74, 6) is 0.817. The van der Waals surface area contributed by atoms with Crippen molar-refractivity contribution in [2.24, 2.45) is 24.8 Å². The molecule has 5 rings (SSSR count). The van der Waals surface area contributed by atoms with Crippen LogP contribution in [0.25, 0.3) is 0 Å². The SMILES string of the molecule is Cn1cnc(OC(=O)N(Cc2cccc(OC(F)(F)F)c2)CC2C3CN(CC(=O)NC4CCC4)CC32)c1. The number of carbonyl (C=O) groups is 2. The Bertz CT molecular complexity index is 1120. The molecule has 2 unspecified atom stereocenters. The summed E-state index contributed by atoms with van der Waals surface area (Å²) < 4.78 is 49.1. The first kappa shape index (κ1) is 25.4. The predicted molar refractivity (Wildman–Crippen MR) is 125 cm³/mol. The van der Waals surface area contributed by atoms with E-state index in [4.69, 9.17) is 4.74 Å². The van der Waals surface area contributed by atoms with E-state index in [9.17, 15) is 22.8 Å². The van der Waals surface area contributed by atoms with Gasteiger partial charge >= 0.3 is 12.5 Å². The molecule has 200 valence electrons. The van der Waals surface area contributed by atoms with E-state index in [1.807, 2.05) is 0 Å². The van der Waals surface area contributed by atoms with Crippen molar-refractivity contribution in [1.82, 2.24) is 24.7 Å². The van der Waals surface area contributed by atoms with Gasteiger partial charge in [0.05, 0.1) is 19.1 Å². The fraction of sp³-hybridized carbons (Fsp3) is 0.560. The molecular formula is C25H30F3N5O4. The van der Waals surface area contributed by atoms with E-state index < -0.39 is 12.5 Å². The number of rotatable bonds is 9. The zero-order valence-corrected chi connectivity index (χ0v) is 20.5. The molecule has 0 spiro atoms. The van der Waals surface area contributed by atoms with Gasteiger partial charge in [-0.3, -0.25) is 9.69 Å². The second-order valence-electron chi connectivity index (χ2n) is 10.2. The minimum absolute atomic E-state index is 0.0593. The lowest BCUT2D eigenvalue weighted by atomic mass is 9.93. The second-order valence-corrected chi connectivity index (χ2v) is 10.2. The molecule has 9 nitrogen and oxygen atoms in total. The van der Waals surface area contributed by atoms with Crippen LogP contribution in [0, 0.1) is 17.8 Å². The molecule has 1 saturated heterocycles. The number of alkyl halides is 3. The number of imidazole rings is 1. The lowest BCUT2D eigenvalue weighted by molar-refractivity contribution is -0.274. The second kappa shape index (κ2) is 10.2. The van der Waals surface area contributed by atoms with Crippen LogP contribution in [0.15, 0.2) is 36.8 Å². The Kier molecular flexibility index (Phi) is 7.02. The average Bonchev–Trinajstić information content (AvgIpc) is 3.09. The van der Waals surface area contributed by atoms with Crippen molar-refractivity contribution < 1.29 is 32.2 Å².